The number of aromatic hydroxyl groups is 1. The van der Waals surface area contributed by atoms with Crippen LogP contribution in [0.25, 0.3) is 11.4 Å². The smallest absolute Gasteiger partial charge is 0.226 e. The minimum absolute atomic E-state index is 0.0735. The summed E-state index contributed by atoms with van der Waals surface area (Å²) in [5, 5.41) is 19.0. The van der Waals surface area contributed by atoms with Gasteiger partial charge in [-0.25, -0.2) is 4.68 Å². The van der Waals surface area contributed by atoms with E-state index in [-0.39, 0.29) is 16.9 Å². The Labute approximate surface area is 189 Å². The van der Waals surface area contributed by atoms with Crippen LogP contribution in [-0.2, 0) is 4.79 Å². The third kappa shape index (κ3) is 3.50. The number of nitrogens with zero attached hydrogens (tertiary/aromatic N) is 3. The number of hydrogen-bond donors (Lipinski definition) is 2. The van der Waals surface area contributed by atoms with Crippen LogP contribution in [0.5, 0.6) is 5.75 Å². The number of hydrogen-bond acceptors (Lipinski definition) is 5. The molecule has 0 saturated carbocycles. The van der Waals surface area contributed by atoms with Gasteiger partial charge in [0.1, 0.15) is 11.8 Å². The van der Waals surface area contributed by atoms with Crippen molar-refractivity contribution in [3.8, 4) is 17.1 Å². The predicted molar refractivity (Wildman–Crippen MR) is 120 cm³/mol. The van der Waals surface area contributed by atoms with Crippen molar-refractivity contribution >= 4 is 34.9 Å². The number of benzene rings is 2. The third-order valence-electron chi connectivity index (χ3n) is 5.70. The summed E-state index contributed by atoms with van der Waals surface area (Å²) < 4.78 is 1.71. The highest BCUT2D eigenvalue weighted by molar-refractivity contribution is 6.42. The maximum Gasteiger partial charge on any atom is 0.226 e. The van der Waals surface area contributed by atoms with Crippen molar-refractivity contribution < 1.29 is 9.90 Å². The van der Waals surface area contributed by atoms with Gasteiger partial charge >= 0.3 is 0 Å². The number of carbonyl (C=O) groups is 1. The lowest BCUT2D eigenvalue weighted by Crippen LogP contribution is -2.36. The van der Waals surface area contributed by atoms with Crippen molar-refractivity contribution in [3.63, 3.8) is 0 Å². The number of aromatic nitrogens is 3. The van der Waals surface area contributed by atoms with Crippen molar-refractivity contribution in [2.24, 2.45) is 5.41 Å². The summed E-state index contributed by atoms with van der Waals surface area (Å²) in [7, 11) is 0. The number of phenolic OH excluding ortho intramolecular Hbond substituents is 1. The molecule has 0 amide bonds. The molecule has 0 bridgehead atoms. The Balaban J connectivity index is 1.68. The SMILES string of the molecule is CC1(C)CC(=O)C2=C(C1)Nc1nc(-c3ccc(Cl)c(Cl)c3)nn1C2c1cccc(O)c1. The first-order valence-electron chi connectivity index (χ1n) is 9.96. The standard InChI is InChI=1S/C23H20Cl2N4O2/c1-23(2)10-17-19(18(31)11-23)20(12-4-3-5-14(30)8-12)29-22(26-17)27-21(28-29)13-6-7-15(24)16(25)9-13/h3-9,20,30H,10-11H2,1-2H3,(H,26,27,28). The lowest BCUT2D eigenvalue weighted by molar-refractivity contribution is -0.118. The van der Waals surface area contributed by atoms with Gasteiger partial charge < -0.3 is 10.4 Å². The number of anilines is 1. The average molecular weight is 455 g/mol. The van der Waals surface area contributed by atoms with Gasteiger partial charge in [-0.1, -0.05) is 49.2 Å². The molecule has 8 heteroatoms. The maximum atomic E-state index is 13.2. The summed E-state index contributed by atoms with van der Waals surface area (Å²) in [6.07, 6.45) is 1.17. The number of nitrogens with one attached hydrogen (secondary N) is 1. The van der Waals surface area contributed by atoms with Crippen LogP contribution in [0.1, 0.15) is 38.3 Å². The highest BCUT2D eigenvalue weighted by atomic mass is 35.5. The van der Waals surface area contributed by atoms with E-state index in [1.807, 2.05) is 6.07 Å². The van der Waals surface area contributed by atoms with Gasteiger partial charge in [0.15, 0.2) is 11.6 Å². The highest BCUT2D eigenvalue weighted by Crippen LogP contribution is 2.46. The summed E-state index contributed by atoms with van der Waals surface area (Å²) in [4.78, 5) is 17.9. The molecule has 6 nitrogen and oxygen atoms in total. The zero-order chi connectivity index (χ0) is 21.9. The molecule has 1 aliphatic heterocycles. The van der Waals surface area contributed by atoms with E-state index in [0.717, 1.165) is 23.2 Å². The molecule has 5 rings (SSSR count). The Morgan fingerprint density at radius 3 is 2.68 bits per heavy atom. The first kappa shape index (κ1) is 20.1. The quantitative estimate of drug-likeness (QED) is 0.525. The molecule has 2 aliphatic rings. The predicted octanol–water partition coefficient (Wildman–Crippen LogP) is 5.62. The van der Waals surface area contributed by atoms with Crippen LogP contribution in [0.2, 0.25) is 10.0 Å². The first-order valence-corrected chi connectivity index (χ1v) is 10.7. The van der Waals surface area contributed by atoms with Gasteiger partial charge in [-0.15, -0.1) is 5.10 Å². The third-order valence-corrected chi connectivity index (χ3v) is 6.43. The fourth-order valence-corrected chi connectivity index (χ4v) is 4.67. The van der Waals surface area contributed by atoms with E-state index in [4.69, 9.17) is 28.3 Å². The summed E-state index contributed by atoms with van der Waals surface area (Å²) >= 11 is 12.2. The topological polar surface area (TPSA) is 80.0 Å². The van der Waals surface area contributed by atoms with E-state index in [1.165, 1.54) is 0 Å². The molecule has 0 spiro atoms. The van der Waals surface area contributed by atoms with Crippen LogP contribution in [-0.4, -0.2) is 25.7 Å². The largest absolute Gasteiger partial charge is 0.508 e. The fourth-order valence-electron chi connectivity index (χ4n) is 4.37. The Hall–Kier alpha value is -2.83. The molecule has 1 aliphatic carbocycles. The second kappa shape index (κ2) is 7.11. The van der Waals surface area contributed by atoms with Gasteiger partial charge in [0, 0.05) is 23.3 Å². The van der Waals surface area contributed by atoms with Crippen molar-refractivity contribution in [3.05, 3.63) is 69.3 Å². The summed E-state index contributed by atoms with van der Waals surface area (Å²) in [5.74, 6) is 1.22. The van der Waals surface area contributed by atoms with E-state index in [2.05, 4.69) is 24.1 Å². The molecular weight excluding hydrogens is 435 g/mol. The second-order valence-electron chi connectivity index (χ2n) is 8.79. The Bertz CT molecular complexity index is 1260. The Morgan fingerprint density at radius 1 is 1.13 bits per heavy atom. The van der Waals surface area contributed by atoms with Crippen LogP contribution in [0.15, 0.2) is 53.7 Å². The average Bonchev–Trinajstić information content (AvgIpc) is 3.11. The molecule has 0 radical (unpaired) electrons. The van der Waals surface area contributed by atoms with Crippen LogP contribution >= 0.6 is 23.2 Å². The molecule has 2 aromatic carbocycles. The summed E-state index contributed by atoms with van der Waals surface area (Å²) in [5.41, 5.74) is 2.87. The Morgan fingerprint density at radius 2 is 1.94 bits per heavy atom. The minimum atomic E-state index is -0.481. The highest BCUT2D eigenvalue weighted by Gasteiger charge is 2.42. The zero-order valence-electron chi connectivity index (χ0n) is 17.0. The minimum Gasteiger partial charge on any atom is -0.508 e. The van der Waals surface area contributed by atoms with Crippen molar-refractivity contribution in [1.82, 2.24) is 14.8 Å². The molecule has 0 fully saturated rings. The molecule has 1 aromatic heterocycles. The van der Waals surface area contributed by atoms with Crippen molar-refractivity contribution in [2.45, 2.75) is 32.7 Å². The van der Waals surface area contributed by atoms with Crippen LogP contribution in [0.4, 0.5) is 5.95 Å². The van der Waals surface area contributed by atoms with Crippen molar-refractivity contribution in [2.75, 3.05) is 5.32 Å². The van der Waals surface area contributed by atoms with E-state index >= 15 is 0 Å². The van der Waals surface area contributed by atoms with E-state index < -0.39 is 6.04 Å². The van der Waals surface area contributed by atoms with Gasteiger partial charge in [0.05, 0.1) is 10.0 Å². The summed E-state index contributed by atoms with van der Waals surface area (Å²) in [6.45, 7) is 4.17. The molecule has 158 valence electrons. The Kier molecular flexibility index (Phi) is 4.61. The van der Waals surface area contributed by atoms with Gasteiger partial charge in [-0.2, -0.15) is 4.98 Å². The maximum absolute atomic E-state index is 13.2. The molecular formula is C23H20Cl2N4O2. The number of ketones is 1. The number of carbonyl (C=O) groups excluding carboxylic acids is 1. The van der Waals surface area contributed by atoms with Gasteiger partial charge in [0.2, 0.25) is 5.95 Å². The summed E-state index contributed by atoms with van der Waals surface area (Å²) in [6, 6.07) is 11.7. The number of halogens is 2. The fraction of sp³-hybridized carbons (Fsp3) is 0.261. The van der Waals surface area contributed by atoms with E-state index in [0.29, 0.717) is 33.8 Å². The number of Topliss-reactive ketones (excluding diaryl/α,β-unsaturated/α-hetero) is 1. The first-order chi connectivity index (χ1) is 14.7. The zero-order valence-corrected chi connectivity index (χ0v) is 18.5. The number of phenols is 1. The number of rotatable bonds is 2. The molecule has 2 N–H and O–H groups in total. The van der Waals surface area contributed by atoms with Crippen LogP contribution in [0, 0.1) is 5.41 Å². The lowest BCUT2D eigenvalue weighted by atomic mass is 9.73. The van der Waals surface area contributed by atoms with Crippen LogP contribution in [0.3, 0.4) is 0 Å². The van der Waals surface area contributed by atoms with Gasteiger partial charge in [0.25, 0.3) is 0 Å². The molecule has 1 atom stereocenters. The second-order valence-corrected chi connectivity index (χ2v) is 9.60. The van der Waals surface area contributed by atoms with Crippen molar-refractivity contribution in [1.29, 1.82) is 0 Å². The van der Waals surface area contributed by atoms with Gasteiger partial charge in [-0.3, -0.25) is 4.79 Å². The molecule has 2 heterocycles. The number of fused-ring (bicyclic) bond motifs is 1. The monoisotopic (exact) mass is 454 g/mol. The lowest BCUT2D eigenvalue weighted by Gasteiger charge is -2.38. The van der Waals surface area contributed by atoms with Crippen LogP contribution < -0.4 is 5.32 Å². The number of allylic oxidation sites excluding steroid dienone is 2. The van der Waals surface area contributed by atoms with E-state index in [9.17, 15) is 9.90 Å². The molecule has 1 unspecified atom stereocenters. The molecule has 0 saturated heterocycles. The van der Waals surface area contributed by atoms with Gasteiger partial charge in [-0.05, 0) is 47.7 Å². The molecule has 31 heavy (non-hydrogen) atoms. The normalized spacial score (nSPS) is 19.6. The van der Waals surface area contributed by atoms with E-state index in [1.54, 1.807) is 41.1 Å². The molecule has 3 aromatic rings.